The molecule has 7 heteroatoms. The summed E-state index contributed by atoms with van der Waals surface area (Å²) in [6, 6.07) is 19.3. The lowest BCUT2D eigenvalue weighted by molar-refractivity contribution is 0.0600. The van der Waals surface area contributed by atoms with Gasteiger partial charge in [-0.1, -0.05) is 48.0 Å². The normalized spacial score (nSPS) is 11.3. The van der Waals surface area contributed by atoms with Crippen molar-refractivity contribution in [2.45, 2.75) is 19.5 Å². The summed E-state index contributed by atoms with van der Waals surface area (Å²) in [6.45, 7) is 2.35. The van der Waals surface area contributed by atoms with Crippen molar-refractivity contribution in [3.63, 3.8) is 0 Å². The van der Waals surface area contributed by atoms with Crippen molar-refractivity contribution >= 4 is 35.4 Å². The summed E-state index contributed by atoms with van der Waals surface area (Å²) in [6.07, 6.45) is 1.22. The van der Waals surface area contributed by atoms with Gasteiger partial charge in [0.15, 0.2) is 0 Å². The van der Waals surface area contributed by atoms with Crippen LogP contribution in [-0.4, -0.2) is 25.2 Å². The number of esters is 1. The van der Waals surface area contributed by atoms with E-state index < -0.39 is 5.97 Å². The molecule has 0 bridgehead atoms. The maximum Gasteiger partial charge on any atom is 0.337 e. The fourth-order valence-corrected chi connectivity index (χ4v) is 3.38. The van der Waals surface area contributed by atoms with Crippen molar-refractivity contribution in [2.75, 3.05) is 12.4 Å². The van der Waals surface area contributed by atoms with E-state index in [1.165, 1.54) is 13.3 Å². The Labute approximate surface area is 192 Å². The van der Waals surface area contributed by atoms with Crippen LogP contribution < -0.4 is 10.6 Å². The number of halogens is 1. The largest absolute Gasteiger partial charge is 0.465 e. The van der Waals surface area contributed by atoms with Crippen LogP contribution >= 0.6 is 11.6 Å². The molecule has 32 heavy (non-hydrogen) atoms. The number of nitrogens with one attached hydrogen (secondary N) is 3. The molecule has 0 spiro atoms. The molecule has 0 aliphatic rings. The lowest BCUT2D eigenvalue weighted by Gasteiger charge is -2.18. The second-order valence-electron chi connectivity index (χ2n) is 7.20. The zero-order valence-electron chi connectivity index (χ0n) is 17.8. The highest BCUT2D eigenvalue weighted by Crippen LogP contribution is 2.23. The second kappa shape index (κ2) is 10.6. The van der Waals surface area contributed by atoms with E-state index in [0.29, 0.717) is 33.9 Å². The predicted molar refractivity (Wildman–Crippen MR) is 127 cm³/mol. The Hall–Kier alpha value is -3.64. The van der Waals surface area contributed by atoms with Gasteiger partial charge >= 0.3 is 5.97 Å². The van der Waals surface area contributed by atoms with Gasteiger partial charge in [-0.25, -0.2) is 4.79 Å². The number of hydrogen-bond donors (Lipinski definition) is 3. The molecule has 3 rings (SSSR count). The fourth-order valence-electron chi connectivity index (χ4n) is 3.25. The summed E-state index contributed by atoms with van der Waals surface area (Å²) in [7, 11) is 1.33. The quantitative estimate of drug-likeness (QED) is 0.324. The van der Waals surface area contributed by atoms with E-state index in [1.54, 1.807) is 42.5 Å². The SMILES string of the molecule is COC(=O)c1ccc(C(C)NC(=O)c2cccc(C=N)c2NCc2ccc(Cl)cc2)cc1. The standard InChI is InChI=1S/C25H24ClN3O3/c1-16(18-8-10-19(11-9-18)25(31)32-2)29-24(30)22-5-3-4-20(14-27)23(22)28-15-17-6-12-21(26)13-7-17/h3-14,16,27-28H,15H2,1-2H3,(H,29,30). The maximum atomic E-state index is 13.1. The molecule has 3 aromatic carbocycles. The van der Waals surface area contributed by atoms with Gasteiger partial charge in [0.05, 0.1) is 30.0 Å². The van der Waals surface area contributed by atoms with Crippen LogP contribution in [0, 0.1) is 5.41 Å². The third-order valence-electron chi connectivity index (χ3n) is 5.06. The Kier molecular flexibility index (Phi) is 7.63. The smallest absolute Gasteiger partial charge is 0.337 e. The molecule has 1 atom stereocenters. The third kappa shape index (κ3) is 5.53. The van der Waals surface area contributed by atoms with Gasteiger partial charge in [0.1, 0.15) is 0 Å². The Balaban J connectivity index is 1.77. The van der Waals surface area contributed by atoms with Crippen LogP contribution in [0.1, 0.15) is 50.4 Å². The lowest BCUT2D eigenvalue weighted by atomic mass is 10.0. The first-order valence-electron chi connectivity index (χ1n) is 10.0. The maximum absolute atomic E-state index is 13.1. The Morgan fingerprint density at radius 2 is 1.75 bits per heavy atom. The summed E-state index contributed by atoms with van der Waals surface area (Å²) in [5, 5.41) is 14.7. The number of carbonyl (C=O) groups is 2. The van der Waals surface area contributed by atoms with E-state index in [0.717, 1.165) is 11.1 Å². The van der Waals surface area contributed by atoms with Crippen molar-refractivity contribution in [3.05, 3.63) is 99.6 Å². The Bertz CT molecular complexity index is 1110. The van der Waals surface area contributed by atoms with Crippen LogP contribution in [0.2, 0.25) is 5.02 Å². The number of amides is 1. The average Bonchev–Trinajstić information content (AvgIpc) is 2.82. The summed E-state index contributed by atoms with van der Waals surface area (Å²) in [4.78, 5) is 24.7. The van der Waals surface area contributed by atoms with E-state index in [2.05, 4.69) is 10.6 Å². The van der Waals surface area contributed by atoms with Gasteiger partial charge in [-0.2, -0.15) is 0 Å². The number of benzene rings is 3. The van der Waals surface area contributed by atoms with E-state index in [1.807, 2.05) is 31.2 Å². The molecule has 3 N–H and O–H groups in total. The van der Waals surface area contributed by atoms with Crippen molar-refractivity contribution in [3.8, 4) is 0 Å². The predicted octanol–water partition coefficient (Wildman–Crippen LogP) is 5.23. The molecule has 0 saturated carbocycles. The molecule has 0 aliphatic heterocycles. The summed E-state index contributed by atoms with van der Waals surface area (Å²) in [5.41, 5.74) is 3.94. The van der Waals surface area contributed by atoms with E-state index in [-0.39, 0.29) is 11.9 Å². The molecular weight excluding hydrogens is 426 g/mol. The first-order valence-corrected chi connectivity index (χ1v) is 10.4. The molecule has 0 heterocycles. The highest BCUT2D eigenvalue weighted by Gasteiger charge is 2.17. The minimum absolute atomic E-state index is 0.267. The van der Waals surface area contributed by atoms with Gasteiger partial charge in [0.25, 0.3) is 5.91 Å². The van der Waals surface area contributed by atoms with Crippen LogP contribution in [-0.2, 0) is 11.3 Å². The summed E-state index contributed by atoms with van der Waals surface area (Å²) >= 11 is 5.95. The average molecular weight is 450 g/mol. The molecule has 0 radical (unpaired) electrons. The molecule has 0 fully saturated rings. The van der Waals surface area contributed by atoms with Crippen molar-refractivity contribution in [2.24, 2.45) is 0 Å². The summed E-state index contributed by atoms with van der Waals surface area (Å²) < 4.78 is 4.71. The zero-order valence-corrected chi connectivity index (χ0v) is 18.6. The first-order chi connectivity index (χ1) is 15.4. The highest BCUT2D eigenvalue weighted by molar-refractivity contribution is 6.30. The van der Waals surface area contributed by atoms with Crippen LogP contribution in [0.5, 0.6) is 0 Å². The molecular formula is C25H24ClN3O3. The van der Waals surface area contributed by atoms with Gasteiger partial charge in [-0.3, -0.25) is 4.79 Å². The fraction of sp³-hybridized carbons (Fsp3) is 0.160. The number of para-hydroxylation sites is 1. The van der Waals surface area contributed by atoms with E-state index in [9.17, 15) is 9.59 Å². The van der Waals surface area contributed by atoms with Gasteiger partial charge in [-0.15, -0.1) is 0 Å². The lowest BCUT2D eigenvalue weighted by Crippen LogP contribution is -2.27. The third-order valence-corrected chi connectivity index (χ3v) is 5.31. The van der Waals surface area contributed by atoms with Crippen molar-refractivity contribution in [1.29, 1.82) is 5.41 Å². The molecule has 0 aromatic heterocycles. The van der Waals surface area contributed by atoms with Crippen LogP contribution in [0.15, 0.2) is 66.7 Å². The Morgan fingerprint density at radius 1 is 1.06 bits per heavy atom. The van der Waals surface area contributed by atoms with E-state index >= 15 is 0 Å². The minimum Gasteiger partial charge on any atom is -0.465 e. The number of hydrogen-bond acceptors (Lipinski definition) is 5. The minimum atomic E-state index is -0.409. The van der Waals surface area contributed by atoms with Gasteiger partial charge in [0.2, 0.25) is 0 Å². The molecule has 6 nitrogen and oxygen atoms in total. The molecule has 0 aliphatic carbocycles. The van der Waals surface area contributed by atoms with Crippen molar-refractivity contribution < 1.29 is 14.3 Å². The van der Waals surface area contributed by atoms with Crippen LogP contribution in [0.4, 0.5) is 5.69 Å². The molecule has 0 saturated heterocycles. The highest BCUT2D eigenvalue weighted by atomic mass is 35.5. The van der Waals surface area contributed by atoms with Gasteiger partial charge < -0.3 is 20.8 Å². The zero-order chi connectivity index (χ0) is 23.1. The van der Waals surface area contributed by atoms with Crippen LogP contribution in [0.25, 0.3) is 0 Å². The topological polar surface area (TPSA) is 91.3 Å². The number of carbonyl (C=O) groups excluding carboxylic acids is 2. The summed E-state index contributed by atoms with van der Waals surface area (Å²) in [5.74, 6) is -0.676. The van der Waals surface area contributed by atoms with Crippen molar-refractivity contribution in [1.82, 2.24) is 5.32 Å². The Morgan fingerprint density at radius 3 is 2.38 bits per heavy atom. The van der Waals surface area contributed by atoms with Gasteiger partial charge in [-0.05, 0) is 48.4 Å². The molecule has 1 amide bonds. The molecule has 1 unspecified atom stereocenters. The van der Waals surface area contributed by atoms with E-state index in [4.69, 9.17) is 21.7 Å². The molecule has 3 aromatic rings. The number of methoxy groups -OCH3 is 1. The van der Waals surface area contributed by atoms with Gasteiger partial charge in [0, 0.05) is 23.3 Å². The number of anilines is 1. The monoisotopic (exact) mass is 449 g/mol. The number of ether oxygens (including phenoxy) is 1. The molecule has 164 valence electrons. The number of rotatable bonds is 8. The van der Waals surface area contributed by atoms with Crippen LogP contribution in [0.3, 0.4) is 0 Å². The first kappa shape index (κ1) is 23.0. The second-order valence-corrected chi connectivity index (χ2v) is 7.64.